The fraction of sp³-hybridized carbons (Fsp3) is 0.767. The number of rotatable bonds is 20. The molecule has 0 saturated carbocycles. The lowest BCUT2D eigenvalue weighted by Crippen LogP contribution is -2.57. The van der Waals surface area contributed by atoms with E-state index >= 15 is 0 Å². The van der Waals surface area contributed by atoms with Crippen molar-refractivity contribution in [2.75, 3.05) is 47.3 Å². The summed E-state index contributed by atoms with van der Waals surface area (Å²) in [4.78, 5) is 90.6. The van der Waals surface area contributed by atoms with Gasteiger partial charge < -0.3 is 45.1 Å². The van der Waals surface area contributed by atoms with Crippen molar-refractivity contribution >= 4 is 41.5 Å². The number of esters is 1. The lowest BCUT2D eigenvalue weighted by Gasteiger charge is -2.31. The van der Waals surface area contributed by atoms with E-state index < -0.39 is 72.2 Å². The van der Waals surface area contributed by atoms with Crippen molar-refractivity contribution in [2.24, 2.45) is 11.8 Å². The summed E-state index contributed by atoms with van der Waals surface area (Å²) >= 11 is 0. The first kappa shape index (κ1) is 40.2. The fourth-order valence-corrected chi connectivity index (χ4v) is 4.62. The number of nitrogens with zero attached hydrogens (tertiary/aromatic N) is 1. The molecule has 1 aliphatic heterocycles. The predicted octanol–water partition coefficient (Wildman–Crippen LogP) is 0.0228. The molecular weight excluding hydrogens is 606 g/mol. The molecule has 16 heteroatoms. The van der Waals surface area contributed by atoms with Crippen molar-refractivity contribution in [2.45, 2.75) is 90.9 Å². The van der Waals surface area contributed by atoms with Gasteiger partial charge in [0, 0.05) is 20.1 Å². The van der Waals surface area contributed by atoms with E-state index in [1.807, 2.05) is 13.8 Å². The van der Waals surface area contributed by atoms with Crippen LogP contribution >= 0.6 is 0 Å². The van der Waals surface area contributed by atoms with E-state index in [4.69, 9.17) is 14.2 Å². The summed E-state index contributed by atoms with van der Waals surface area (Å²) in [5, 5.41) is 9.84. The number of nitrogens with one attached hydrogen (secondary N) is 4. The lowest BCUT2D eigenvalue weighted by molar-refractivity contribution is -0.146. The normalized spacial score (nSPS) is 16.3. The van der Waals surface area contributed by atoms with Crippen molar-refractivity contribution < 1.29 is 52.5 Å². The number of alkyl carbamates (subject to hydrolysis) is 1. The van der Waals surface area contributed by atoms with Gasteiger partial charge in [-0.3, -0.25) is 24.0 Å². The minimum absolute atomic E-state index is 0.00473. The molecule has 46 heavy (non-hydrogen) atoms. The van der Waals surface area contributed by atoms with E-state index in [9.17, 15) is 33.6 Å². The largest absolute Gasteiger partial charge is 0.467 e. The molecule has 1 rings (SSSR count). The van der Waals surface area contributed by atoms with Crippen LogP contribution in [0.15, 0.2) is 0 Å². The molecule has 1 unspecified atom stereocenters. The Hall–Kier alpha value is -3.79. The number of methoxy groups -OCH3 is 2. The molecule has 262 valence electrons. The maximum atomic E-state index is 13.5. The van der Waals surface area contributed by atoms with Crippen molar-refractivity contribution in [3.63, 3.8) is 0 Å². The van der Waals surface area contributed by atoms with Crippen molar-refractivity contribution in [3.8, 4) is 0 Å². The minimum Gasteiger partial charge on any atom is -0.467 e. The third-order valence-corrected chi connectivity index (χ3v) is 7.01. The first-order valence-corrected chi connectivity index (χ1v) is 15.6. The number of carbonyl (C=O) groups is 7. The maximum Gasteiger partial charge on any atom is 0.407 e. The zero-order valence-corrected chi connectivity index (χ0v) is 28.0. The van der Waals surface area contributed by atoms with E-state index in [1.165, 1.54) is 12.0 Å². The molecule has 0 aliphatic carbocycles. The molecule has 1 fully saturated rings. The topological polar surface area (TPSA) is 208 Å². The number of ketones is 1. The highest BCUT2D eigenvalue weighted by Gasteiger charge is 2.40. The van der Waals surface area contributed by atoms with Gasteiger partial charge in [-0.25, -0.2) is 9.59 Å². The number of carbonyl (C=O) groups excluding carboxylic acids is 7. The Labute approximate surface area is 270 Å². The molecule has 4 N–H and O–H groups in total. The Kier molecular flexibility index (Phi) is 18.4. The summed E-state index contributed by atoms with van der Waals surface area (Å²) < 4.78 is 19.7. The summed E-state index contributed by atoms with van der Waals surface area (Å²) in [5.41, 5.74) is 0. The van der Waals surface area contributed by atoms with Crippen molar-refractivity contribution in [1.82, 2.24) is 26.2 Å². The summed E-state index contributed by atoms with van der Waals surface area (Å²) in [6, 6.07) is -4.10. The Bertz CT molecular complexity index is 1050. The standard InChI is InChI=1S/C30H51N5O11/c1-8-10-20(25(37)27(39)31-15-23(36)32-21(29(41)44-7)12-14-45-17-43-6)33-26(38)22-11-9-13-35(22)28(40)24(19(4)5)34-30(42)46-16-18(2)3/h18-22,24H,8-17H2,1-7H3,(H,31,39)(H,32,36)(H,33,38)(H,34,42)/t20?,21-,22-,24-/m0/s1. The summed E-state index contributed by atoms with van der Waals surface area (Å²) in [7, 11) is 2.59. The third kappa shape index (κ3) is 13.7. The Morgan fingerprint density at radius 2 is 1.61 bits per heavy atom. The Morgan fingerprint density at radius 3 is 2.20 bits per heavy atom. The molecule has 16 nitrogen and oxygen atoms in total. The smallest absolute Gasteiger partial charge is 0.407 e. The van der Waals surface area contributed by atoms with Crippen LogP contribution in [0.3, 0.4) is 0 Å². The van der Waals surface area contributed by atoms with Gasteiger partial charge in [-0.05, 0) is 31.1 Å². The van der Waals surface area contributed by atoms with Crippen molar-refractivity contribution in [1.29, 1.82) is 0 Å². The molecular formula is C30H51N5O11. The average Bonchev–Trinajstić information content (AvgIpc) is 3.51. The molecule has 0 aromatic heterocycles. The van der Waals surface area contributed by atoms with Crippen LogP contribution in [0.4, 0.5) is 4.79 Å². The first-order chi connectivity index (χ1) is 21.8. The van der Waals surface area contributed by atoms with Crippen LogP contribution < -0.4 is 21.3 Å². The molecule has 0 radical (unpaired) electrons. The van der Waals surface area contributed by atoms with Gasteiger partial charge in [-0.1, -0.05) is 41.0 Å². The monoisotopic (exact) mass is 657 g/mol. The second kappa shape index (κ2) is 21.1. The van der Waals surface area contributed by atoms with E-state index in [-0.39, 0.29) is 51.2 Å². The highest BCUT2D eigenvalue weighted by molar-refractivity contribution is 6.38. The van der Waals surface area contributed by atoms with Gasteiger partial charge in [0.2, 0.25) is 23.5 Å². The third-order valence-electron chi connectivity index (χ3n) is 7.01. The van der Waals surface area contributed by atoms with Crippen molar-refractivity contribution in [3.05, 3.63) is 0 Å². The van der Waals surface area contributed by atoms with Crippen LogP contribution in [0.1, 0.15) is 66.7 Å². The molecule has 5 amide bonds. The van der Waals surface area contributed by atoms with Crippen LogP contribution in [-0.4, -0.2) is 118 Å². The fourth-order valence-electron chi connectivity index (χ4n) is 4.62. The zero-order chi connectivity index (χ0) is 34.8. The van der Waals surface area contributed by atoms with Gasteiger partial charge >= 0.3 is 12.1 Å². The van der Waals surface area contributed by atoms with Crippen LogP contribution in [0.2, 0.25) is 0 Å². The highest BCUT2D eigenvalue weighted by atomic mass is 16.7. The number of hydrogen-bond acceptors (Lipinski definition) is 11. The SMILES string of the molecule is CCCC(NC(=O)[C@@H]1CCCN1C(=O)[C@@H](NC(=O)OCC(C)C)C(C)C)C(=O)C(=O)NCC(=O)N[C@@H](CCOCOC)C(=O)OC. The number of Topliss-reactive ketones (excluding diaryl/α,β-unsaturated/α-hetero) is 1. The number of amides is 5. The van der Waals surface area contributed by atoms with E-state index in [2.05, 4.69) is 26.0 Å². The van der Waals surface area contributed by atoms with Gasteiger partial charge in [0.25, 0.3) is 5.91 Å². The van der Waals surface area contributed by atoms with E-state index in [0.717, 1.165) is 7.11 Å². The summed E-state index contributed by atoms with van der Waals surface area (Å²) in [6.45, 7) is 8.98. The Balaban J connectivity index is 2.83. The van der Waals surface area contributed by atoms with Crippen LogP contribution in [-0.2, 0) is 47.7 Å². The summed E-state index contributed by atoms with van der Waals surface area (Å²) in [6.07, 6.45) is 0.787. The first-order valence-electron chi connectivity index (χ1n) is 15.6. The second-order valence-electron chi connectivity index (χ2n) is 11.7. The second-order valence-corrected chi connectivity index (χ2v) is 11.7. The van der Waals surface area contributed by atoms with Gasteiger partial charge in [-0.2, -0.15) is 0 Å². The maximum absolute atomic E-state index is 13.5. The molecule has 0 bridgehead atoms. The number of hydrogen-bond donors (Lipinski definition) is 4. The molecule has 0 spiro atoms. The number of ether oxygens (including phenoxy) is 4. The van der Waals surface area contributed by atoms with Gasteiger partial charge in [0.1, 0.15) is 24.9 Å². The quantitative estimate of drug-likeness (QED) is 0.0594. The van der Waals surface area contributed by atoms with Gasteiger partial charge in [-0.15, -0.1) is 0 Å². The lowest BCUT2D eigenvalue weighted by atomic mass is 10.0. The predicted molar refractivity (Wildman–Crippen MR) is 164 cm³/mol. The molecule has 1 aliphatic rings. The van der Waals surface area contributed by atoms with Crippen LogP contribution in [0.5, 0.6) is 0 Å². The number of likely N-dealkylation sites (tertiary alicyclic amines) is 1. The molecule has 0 aromatic carbocycles. The molecule has 4 atom stereocenters. The minimum atomic E-state index is -1.20. The molecule has 0 aromatic rings. The van der Waals surface area contributed by atoms with Crippen LogP contribution in [0.25, 0.3) is 0 Å². The van der Waals surface area contributed by atoms with E-state index in [0.29, 0.717) is 19.3 Å². The van der Waals surface area contributed by atoms with E-state index in [1.54, 1.807) is 20.8 Å². The van der Waals surface area contributed by atoms with Gasteiger partial charge in [0.15, 0.2) is 0 Å². The average molecular weight is 658 g/mol. The zero-order valence-electron chi connectivity index (χ0n) is 28.0. The Morgan fingerprint density at radius 1 is 0.913 bits per heavy atom. The van der Waals surface area contributed by atoms with Crippen LogP contribution in [0, 0.1) is 11.8 Å². The van der Waals surface area contributed by atoms with Gasteiger partial charge in [0.05, 0.1) is 32.9 Å². The summed E-state index contributed by atoms with van der Waals surface area (Å²) in [5.74, 6) is -4.79. The molecule has 1 saturated heterocycles. The highest BCUT2D eigenvalue weighted by Crippen LogP contribution is 2.21. The molecule has 1 heterocycles.